The molecule has 0 aliphatic carbocycles. The van der Waals surface area contributed by atoms with Crippen molar-refractivity contribution in [3.63, 3.8) is 0 Å². The third kappa shape index (κ3) is 3.60. The van der Waals surface area contributed by atoms with Gasteiger partial charge in [0.15, 0.2) is 0 Å². The molecule has 7 heteroatoms. The number of carbonyl (C=O) groups excluding carboxylic acids is 1. The Morgan fingerprint density at radius 1 is 1.45 bits per heavy atom. The lowest BCUT2D eigenvalue weighted by molar-refractivity contribution is 0.0589. The minimum atomic E-state index is -2.78. The van der Waals surface area contributed by atoms with Crippen LogP contribution in [0, 0.1) is 12.7 Å². The summed E-state index contributed by atoms with van der Waals surface area (Å²) in [5.74, 6) is -0.563. The topological polar surface area (TPSA) is 60.2 Å². The minimum absolute atomic E-state index is 0.0403. The van der Waals surface area contributed by atoms with Gasteiger partial charge in [-0.15, -0.1) is 0 Å². The van der Waals surface area contributed by atoms with E-state index >= 15 is 0 Å². The Hall–Kier alpha value is -2.44. The van der Waals surface area contributed by atoms with Crippen molar-refractivity contribution in [2.75, 3.05) is 11.9 Å². The maximum atomic E-state index is 13.3. The molecule has 0 atom stereocenters. The van der Waals surface area contributed by atoms with Crippen LogP contribution in [0.1, 0.15) is 30.6 Å². The standard InChI is InChI=1S/C15H19FN4O2/c1-10-13(19(5)14(21)22-15(2,3)4)9-20(18-10)12-6-11(16)7-17-8-12/h6-9H,1-5H3/i5D3. The highest BCUT2D eigenvalue weighted by Gasteiger charge is 2.23. The van der Waals surface area contributed by atoms with E-state index in [1.54, 1.807) is 27.7 Å². The van der Waals surface area contributed by atoms with Crippen LogP contribution in [0.15, 0.2) is 24.7 Å². The second-order valence-corrected chi connectivity index (χ2v) is 5.72. The smallest absolute Gasteiger partial charge is 0.414 e. The van der Waals surface area contributed by atoms with Crippen molar-refractivity contribution in [3.8, 4) is 5.69 Å². The average molecular weight is 309 g/mol. The lowest BCUT2D eigenvalue weighted by Crippen LogP contribution is -2.34. The van der Waals surface area contributed by atoms with Crippen LogP contribution in [0.5, 0.6) is 0 Å². The van der Waals surface area contributed by atoms with Gasteiger partial charge in [-0.25, -0.2) is 13.9 Å². The molecule has 0 aliphatic heterocycles. The van der Waals surface area contributed by atoms with E-state index in [1.165, 1.54) is 23.1 Å². The number of pyridine rings is 1. The minimum Gasteiger partial charge on any atom is -0.443 e. The summed E-state index contributed by atoms with van der Waals surface area (Å²) in [4.78, 5) is 16.7. The third-order valence-electron chi connectivity index (χ3n) is 2.64. The molecular formula is C15H19FN4O2. The van der Waals surface area contributed by atoms with Crippen molar-refractivity contribution >= 4 is 11.8 Å². The predicted octanol–water partition coefficient (Wildman–Crippen LogP) is 3.09. The number of aromatic nitrogens is 3. The average Bonchev–Trinajstić information content (AvgIpc) is 2.77. The van der Waals surface area contributed by atoms with Gasteiger partial charge in [0.2, 0.25) is 0 Å². The first kappa shape index (κ1) is 12.1. The van der Waals surface area contributed by atoms with Crippen LogP contribution in [-0.2, 0) is 4.74 Å². The number of aryl methyl sites for hydroxylation is 1. The van der Waals surface area contributed by atoms with Crippen LogP contribution >= 0.6 is 0 Å². The van der Waals surface area contributed by atoms with Gasteiger partial charge in [0.1, 0.15) is 11.4 Å². The zero-order chi connectivity index (χ0) is 19.0. The van der Waals surface area contributed by atoms with E-state index in [4.69, 9.17) is 8.85 Å². The zero-order valence-corrected chi connectivity index (χ0v) is 12.8. The van der Waals surface area contributed by atoms with Crippen molar-refractivity contribution in [3.05, 3.63) is 36.2 Å². The van der Waals surface area contributed by atoms with Gasteiger partial charge < -0.3 is 4.74 Å². The Labute approximate surface area is 132 Å². The first-order valence-corrected chi connectivity index (χ1v) is 6.59. The largest absolute Gasteiger partial charge is 0.443 e. The van der Waals surface area contributed by atoms with Gasteiger partial charge in [-0.1, -0.05) is 0 Å². The van der Waals surface area contributed by atoms with Gasteiger partial charge >= 0.3 is 6.09 Å². The molecule has 22 heavy (non-hydrogen) atoms. The van der Waals surface area contributed by atoms with Crippen LogP contribution in [0.2, 0.25) is 0 Å². The molecule has 0 unspecified atom stereocenters. The molecule has 0 N–H and O–H groups in total. The van der Waals surface area contributed by atoms with E-state index < -0.39 is 24.5 Å². The van der Waals surface area contributed by atoms with Crippen molar-refractivity contribution in [1.29, 1.82) is 0 Å². The summed E-state index contributed by atoms with van der Waals surface area (Å²) >= 11 is 0. The molecule has 0 bridgehead atoms. The number of anilines is 1. The van der Waals surface area contributed by atoms with Crippen LogP contribution < -0.4 is 4.90 Å². The first-order valence-electron chi connectivity index (χ1n) is 8.09. The summed E-state index contributed by atoms with van der Waals surface area (Å²) in [6, 6.07) is 1.19. The molecule has 0 saturated carbocycles. The first-order chi connectivity index (χ1) is 11.4. The normalized spacial score (nSPS) is 14.0. The number of ether oxygens (including phenoxy) is 1. The Morgan fingerprint density at radius 3 is 2.77 bits per heavy atom. The monoisotopic (exact) mass is 309 g/mol. The summed E-state index contributed by atoms with van der Waals surface area (Å²) in [6.45, 7) is 3.68. The molecule has 0 radical (unpaired) electrons. The fourth-order valence-corrected chi connectivity index (χ4v) is 1.73. The Balaban J connectivity index is 2.47. The summed E-state index contributed by atoms with van der Waals surface area (Å²) < 4.78 is 42.8. The number of nitrogens with zero attached hydrogens (tertiary/aromatic N) is 4. The van der Waals surface area contributed by atoms with E-state index in [0.717, 1.165) is 6.20 Å². The van der Waals surface area contributed by atoms with Crippen LogP contribution in [0.25, 0.3) is 5.69 Å². The van der Waals surface area contributed by atoms with Gasteiger partial charge in [-0.2, -0.15) is 5.10 Å². The molecule has 0 aliphatic rings. The Bertz CT molecular complexity index is 784. The molecule has 0 spiro atoms. The number of halogens is 1. The Morgan fingerprint density at radius 2 is 2.18 bits per heavy atom. The molecule has 1 amide bonds. The molecule has 0 fully saturated rings. The summed E-state index contributed by atoms with van der Waals surface area (Å²) in [7, 11) is 0. The number of rotatable bonds is 2. The van der Waals surface area contributed by atoms with E-state index in [0.29, 0.717) is 10.6 Å². The van der Waals surface area contributed by atoms with Crippen LogP contribution in [0.4, 0.5) is 14.9 Å². The second-order valence-electron chi connectivity index (χ2n) is 5.72. The number of carbonyl (C=O) groups is 1. The van der Waals surface area contributed by atoms with E-state index in [9.17, 15) is 9.18 Å². The third-order valence-corrected chi connectivity index (χ3v) is 2.64. The SMILES string of the molecule is [2H]C([2H])([2H])N(C(=O)OC(C)(C)C)c1cn(-c2cncc(F)c2)nc1C. The zero-order valence-electron chi connectivity index (χ0n) is 15.8. The molecule has 6 nitrogen and oxygen atoms in total. The quantitative estimate of drug-likeness (QED) is 0.855. The number of hydrogen-bond acceptors (Lipinski definition) is 4. The van der Waals surface area contributed by atoms with Crippen molar-refractivity contribution < 1.29 is 18.0 Å². The van der Waals surface area contributed by atoms with Crippen LogP contribution in [-0.4, -0.2) is 33.4 Å². The molecule has 118 valence electrons. The van der Waals surface area contributed by atoms with Gasteiger partial charge in [0.25, 0.3) is 0 Å². The lowest BCUT2D eigenvalue weighted by Gasteiger charge is -2.24. The summed E-state index contributed by atoms with van der Waals surface area (Å²) in [5, 5.41) is 4.15. The maximum Gasteiger partial charge on any atom is 0.414 e. The van der Waals surface area contributed by atoms with Gasteiger partial charge in [0, 0.05) is 17.2 Å². The highest BCUT2D eigenvalue weighted by atomic mass is 19.1. The molecule has 0 aromatic carbocycles. The predicted molar refractivity (Wildman–Crippen MR) is 80.7 cm³/mol. The van der Waals surface area contributed by atoms with Crippen molar-refractivity contribution in [2.45, 2.75) is 33.3 Å². The fourth-order valence-electron chi connectivity index (χ4n) is 1.73. The highest BCUT2D eigenvalue weighted by molar-refractivity contribution is 5.87. The van der Waals surface area contributed by atoms with E-state index in [1.807, 2.05) is 0 Å². The summed E-state index contributed by atoms with van der Waals surface area (Å²) in [5.41, 5.74) is -0.259. The number of amides is 1. The van der Waals surface area contributed by atoms with Crippen molar-refractivity contribution in [1.82, 2.24) is 14.8 Å². The lowest BCUT2D eigenvalue weighted by atomic mass is 10.2. The van der Waals surface area contributed by atoms with Gasteiger partial charge in [-0.3, -0.25) is 9.88 Å². The highest BCUT2D eigenvalue weighted by Crippen LogP contribution is 2.22. The fraction of sp³-hybridized carbons (Fsp3) is 0.400. The Kier molecular flexibility index (Phi) is 3.17. The molecular weight excluding hydrogens is 287 g/mol. The van der Waals surface area contributed by atoms with E-state index in [2.05, 4.69) is 10.1 Å². The van der Waals surface area contributed by atoms with Crippen molar-refractivity contribution in [2.24, 2.45) is 0 Å². The molecule has 2 heterocycles. The van der Waals surface area contributed by atoms with Gasteiger partial charge in [0.05, 0.1) is 35.7 Å². The van der Waals surface area contributed by atoms with Crippen LogP contribution in [0.3, 0.4) is 0 Å². The van der Waals surface area contributed by atoms with Gasteiger partial charge in [-0.05, 0) is 27.7 Å². The van der Waals surface area contributed by atoms with E-state index in [-0.39, 0.29) is 11.4 Å². The number of hydrogen-bond donors (Lipinski definition) is 0. The molecule has 0 saturated heterocycles. The molecule has 2 aromatic heterocycles. The maximum absolute atomic E-state index is 13.3. The second kappa shape index (κ2) is 5.75. The molecule has 2 aromatic rings. The summed E-state index contributed by atoms with van der Waals surface area (Å²) in [6.07, 6.45) is 2.71. The molecule has 2 rings (SSSR count).